The Bertz CT molecular complexity index is 426. The Morgan fingerprint density at radius 3 is 3.00 bits per heavy atom. The molecule has 0 aliphatic heterocycles. The Morgan fingerprint density at radius 1 is 1.50 bits per heavy atom. The summed E-state index contributed by atoms with van der Waals surface area (Å²) < 4.78 is 0.729. The van der Waals surface area contributed by atoms with Crippen molar-refractivity contribution in [3.8, 4) is 11.4 Å². The number of hydrogen-bond acceptors (Lipinski definition) is 3. The summed E-state index contributed by atoms with van der Waals surface area (Å²) in [5.74, 6) is 0. The summed E-state index contributed by atoms with van der Waals surface area (Å²) in [6.07, 6.45) is 2.93. The summed E-state index contributed by atoms with van der Waals surface area (Å²) in [5.41, 5.74) is 1.78. The van der Waals surface area contributed by atoms with Crippen molar-refractivity contribution in [2.45, 2.75) is 6.61 Å². The predicted molar refractivity (Wildman–Crippen MR) is 48.9 cm³/mol. The number of pyridine rings is 1. The number of aliphatic hydroxyl groups excluding tert-OH is 1. The van der Waals surface area contributed by atoms with Gasteiger partial charge in [-0.05, 0) is 11.6 Å². The lowest BCUT2D eigenvalue weighted by atomic mass is 10.2. The maximum atomic E-state index is 11.4. The Labute approximate surface area is 80.2 Å². The summed E-state index contributed by atoms with van der Waals surface area (Å²) in [4.78, 5) is 0. The van der Waals surface area contributed by atoms with Crippen LogP contribution in [0.5, 0.6) is 0 Å². The molecule has 0 unspecified atom stereocenters. The Balaban J connectivity index is 2.51. The molecule has 14 heavy (non-hydrogen) atoms. The molecule has 2 heterocycles. The molecular formula is C9H9N3O2. The van der Waals surface area contributed by atoms with Crippen molar-refractivity contribution in [2.75, 3.05) is 0 Å². The highest BCUT2D eigenvalue weighted by atomic mass is 16.5. The molecule has 2 N–H and O–H groups in total. The highest BCUT2D eigenvalue weighted by molar-refractivity contribution is 5.50. The van der Waals surface area contributed by atoms with E-state index in [9.17, 15) is 5.21 Å². The van der Waals surface area contributed by atoms with E-state index < -0.39 is 0 Å². The normalized spacial score (nSPS) is 10.4. The standard InChI is InChI=1S/C9H9N3O2/c13-6-7-2-4-12(14)9(5-7)8-1-3-10-11-8/h1-5,13H,6H2,(H,10,11). The van der Waals surface area contributed by atoms with Gasteiger partial charge in [0.05, 0.1) is 6.61 Å². The van der Waals surface area contributed by atoms with Crippen LogP contribution in [0.1, 0.15) is 5.56 Å². The first-order chi connectivity index (χ1) is 6.81. The molecule has 0 bridgehead atoms. The van der Waals surface area contributed by atoms with Crippen LogP contribution in [0, 0.1) is 5.21 Å². The highest BCUT2D eigenvalue weighted by Crippen LogP contribution is 2.12. The molecule has 0 aliphatic rings. The summed E-state index contributed by atoms with van der Waals surface area (Å²) in [6.45, 7) is -0.0814. The number of nitrogens with zero attached hydrogens (tertiary/aromatic N) is 2. The number of aromatic nitrogens is 3. The zero-order valence-electron chi connectivity index (χ0n) is 7.34. The maximum absolute atomic E-state index is 11.4. The van der Waals surface area contributed by atoms with Crippen molar-refractivity contribution >= 4 is 0 Å². The van der Waals surface area contributed by atoms with Crippen molar-refractivity contribution in [2.24, 2.45) is 0 Å². The van der Waals surface area contributed by atoms with Gasteiger partial charge in [0.15, 0.2) is 6.20 Å². The molecule has 2 aromatic rings. The molecule has 0 saturated heterocycles. The fraction of sp³-hybridized carbons (Fsp3) is 0.111. The maximum Gasteiger partial charge on any atom is 0.242 e. The number of aliphatic hydroxyl groups is 1. The number of aromatic amines is 1. The highest BCUT2D eigenvalue weighted by Gasteiger charge is 2.10. The summed E-state index contributed by atoms with van der Waals surface area (Å²) in [6, 6.07) is 4.90. The van der Waals surface area contributed by atoms with E-state index in [0.29, 0.717) is 17.0 Å². The van der Waals surface area contributed by atoms with E-state index >= 15 is 0 Å². The molecule has 0 amide bonds. The Hall–Kier alpha value is -1.88. The van der Waals surface area contributed by atoms with Crippen LogP contribution in [0.4, 0.5) is 0 Å². The van der Waals surface area contributed by atoms with E-state index in [2.05, 4.69) is 10.2 Å². The molecule has 0 aromatic carbocycles. The third kappa shape index (κ3) is 1.45. The molecule has 5 heteroatoms. The SMILES string of the molecule is [O-][n+]1ccc(CO)cc1-c1ccn[nH]1. The van der Waals surface area contributed by atoms with Gasteiger partial charge in [0.1, 0.15) is 5.69 Å². The molecule has 2 aromatic heterocycles. The second-order valence-electron chi connectivity index (χ2n) is 2.87. The third-order valence-electron chi connectivity index (χ3n) is 1.94. The van der Waals surface area contributed by atoms with Crippen LogP contribution >= 0.6 is 0 Å². The molecule has 0 fully saturated rings. The molecule has 2 rings (SSSR count). The largest absolute Gasteiger partial charge is 0.618 e. The second-order valence-corrected chi connectivity index (χ2v) is 2.87. The third-order valence-corrected chi connectivity index (χ3v) is 1.94. The van der Waals surface area contributed by atoms with E-state index in [1.54, 1.807) is 24.4 Å². The number of nitrogens with one attached hydrogen (secondary N) is 1. The molecule has 0 radical (unpaired) electrons. The van der Waals surface area contributed by atoms with Crippen LogP contribution in [0.15, 0.2) is 30.6 Å². The monoisotopic (exact) mass is 191 g/mol. The van der Waals surface area contributed by atoms with Gasteiger partial charge in [0.25, 0.3) is 0 Å². The number of hydrogen-bond donors (Lipinski definition) is 2. The van der Waals surface area contributed by atoms with E-state index in [0.717, 1.165) is 4.73 Å². The van der Waals surface area contributed by atoms with E-state index in [1.165, 1.54) is 6.20 Å². The topological polar surface area (TPSA) is 75.8 Å². The predicted octanol–water partition coefficient (Wildman–Crippen LogP) is 0.202. The summed E-state index contributed by atoms with van der Waals surface area (Å²) in [7, 11) is 0. The van der Waals surface area contributed by atoms with Crippen LogP contribution < -0.4 is 4.73 Å². The van der Waals surface area contributed by atoms with Crippen LogP contribution in [-0.2, 0) is 6.61 Å². The molecular weight excluding hydrogens is 182 g/mol. The van der Waals surface area contributed by atoms with Gasteiger partial charge >= 0.3 is 0 Å². The van der Waals surface area contributed by atoms with Crippen molar-refractivity contribution in [1.82, 2.24) is 10.2 Å². The van der Waals surface area contributed by atoms with Crippen molar-refractivity contribution < 1.29 is 9.84 Å². The van der Waals surface area contributed by atoms with Crippen molar-refractivity contribution in [3.05, 3.63) is 41.4 Å². The van der Waals surface area contributed by atoms with Crippen LogP contribution in [0.3, 0.4) is 0 Å². The van der Waals surface area contributed by atoms with Gasteiger partial charge in [-0.1, -0.05) is 0 Å². The number of H-pyrrole nitrogens is 1. The fourth-order valence-electron chi connectivity index (χ4n) is 1.22. The molecule has 0 aliphatic carbocycles. The van der Waals surface area contributed by atoms with Crippen LogP contribution in [0.2, 0.25) is 0 Å². The van der Waals surface area contributed by atoms with Gasteiger partial charge in [-0.25, -0.2) is 0 Å². The van der Waals surface area contributed by atoms with Crippen molar-refractivity contribution in [1.29, 1.82) is 0 Å². The Kier molecular flexibility index (Phi) is 2.16. The molecule has 0 spiro atoms. The van der Waals surface area contributed by atoms with Gasteiger partial charge in [0.2, 0.25) is 5.69 Å². The summed E-state index contributed by atoms with van der Waals surface area (Å²) in [5, 5.41) is 26.7. The minimum atomic E-state index is -0.0814. The van der Waals surface area contributed by atoms with Gasteiger partial charge < -0.3 is 10.3 Å². The average Bonchev–Trinajstić information content (AvgIpc) is 2.71. The van der Waals surface area contributed by atoms with Gasteiger partial charge in [-0.2, -0.15) is 9.83 Å². The lowest BCUT2D eigenvalue weighted by Gasteiger charge is -2.03. The van der Waals surface area contributed by atoms with Crippen molar-refractivity contribution in [3.63, 3.8) is 0 Å². The average molecular weight is 191 g/mol. The van der Waals surface area contributed by atoms with Gasteiger partial charge in [-0.15, -0.1) is 0 Å². The quantitative estimate of drug-likeness (QED) is 0.526. The second kappa shape index (κ2) is 3.47. The van der Waals surface area contributed by atoms with E-state index in [4.69, 9.17) is 5.11 Å². The van der Waals surface area contributed by atoms with E-state index in [-0.39, 0.29) is 6.61 Å². The zero-order valence-corrected chi connectivity index (χ0v) is 7.34. The smallest absolute Gasteiger partial charge is 0.242 e. The molecule has 0 saturated carbocycles. The lowest BCUT2D eigenvalue weighted by molar-refractivity contribution is -0.593. The first-order valence-corrected chi connectivity index (χ1v) is 4.14. The molecule has 5 nitrogen and oxygen atoms in total. The zero-order chi connectivity index (χ0) is 9.97. The van der Waals surface area contributed by atoms with Gasteiger partial charge in [-0.3, -0.25) is 5.10 Å². The first kappa shape index (κ1) is 8.71. The fourth-order valence-corrected chi connectivity index (χ4v) is 1.22. The van der Waals surface area contributed by atoms with E-state index in [1.807, 2.05) is 0 Å². The minimum absolute atomic E-state index is 0.0814. The summed E-state index contributed by atoms with van der Waals surface area (Å²) >= 11 is 0. The van der Waals surface area contributed by atoms with Crippen LogP contribution in [-0.4, -0.2) is 15.3 Å². The molecule has 72 valence electrons. The van der Waals surface area contributed by atoms with Crippen LogP contribution in [0.25, 0.3) is 11.4 Å². The Morgan fingerprint density at radius 2 is 2.36 bits per heavy atom. The first-order valence-electron chi connectivity index (χ1n) is 4.14. The molecule has 0 atom stereocenters. The number of rotatable bonds is 2. The lowest BCUT2D eigenvalue weighted by Crippen LogP contribution is -2.28. The van der Waals surface area contributed by atoms with Gasteiger partial charge in [0, 0.05) is 18.3 Å². The minimum Gasteiger partial charge on any atom is -0.618 e.